The average Bonchev–Trinajstić information content (AvgIpc) is 2.60. The van der Waals surface area contributed by atoms with Crippen LogP contribution in [0.5, 0.6) is 0 Å². The van der Waals surface area contributed by atoms with E-state index >= 15 is 0 Å². The van der Waals surface area contributed by atoms with Crippen molar-refractivity contribution in [3.05, 3.63) is 11.3 Å². The lowest BCUT2D eigenvalue weighted by molar-refractivity contribution is 0.538. The van der Waals surface area contributed by atoms with Crippen LogP contribution in [0.4, 0.5) is 5.82 Å². The number of aryl methyl sites for hydroxylation is 2. The summed E-state index contributed by atoms with van der Waals surface area (Å²) in [4.78, 5) is 2.39. The quantitative estimate of drug-likeness (QED) is 0.825. The van der Waals surface area contributed by atoms with Gasteiger partial charge in [-0.15, -0.1) is 0 Å². The van der Waals surface area contributed by atoms with Gasteiger partial charge in [-0.25, -0.2) is 0 Å². The highest BCUT2D eigenvalue weighted by Gasteiger charge is 2.18. The fourth-order valence-electron chi connectivity index (χ4n) is 2.20. The molecule has 0 aliphatic carbocycles. The van der Waals surface area contributed by atoms with E-state index in [-0.39, 0.29) is 0 Å². The number of anilines is 1. The lowest BCUT2D eigenvalue weighted by Crippen LogP contribution is -2.31. The van der Waals surface area contributed by atoms with Crippen molar-refractivity contribution in [1.29, 1.82) is 0 Å². The first-order valence-electron chi connectivity index (χ1n) is 6.52. The second kappa shape index (κ2) is 6.05. The Balaban J connectivity index is 3.02. The molecule has 0 amide bonds. The number of nitrogens with zero attached hydrogens (tertiary/aromatic N) is 3. The Morgan fingerprint density at radius 1 is 1.41 bits per heavy atom. The molecule has 4 heteroatoms. The molecule has 0 spiro atoms. The van der Waals surface area contributed by atoms with E-state index in [4.69, 9.17) is 5.73 Å². The zero-order valence-corrected chi connectivity index (χ0v) is 11.8. The van der Waals surface area contributed by atoms with Crippen LogP contribution in [0.1, 0.15) is 38.4 Å². The summed E-state index contributed by atoms with van der Waals surface area (Å²) >= 11 is 0. The molecule has 0 bridgehead atoms. The zero-order valence-electron chi connectivity index (χ0n) is 11.8. The van der Waals surface area contributed by atoms with Crippen LogP contribution >= 0.6 is 0 Å². The summed E-state index contributed by atoms with van der Waals surface area (Å²) in [6.45, 7) is 11.4. The fourth-order valence-corrected chi connectivity index (χ4v) is 2.20. The van der Waals surface area contributed by atoms with Crippen LogP contribution in [0.2, 0.25) is 0 Å². The summed E-state index contributed by atoms with van der Waals surface area (Å²) in [5, 5.41) is 4.48. The van der Waals surface area contributed by atoms with Crippen LogP contribution in [0.25, 0.3) is 0 Å². The van der Waals surface area contributed by atoms with E-state index in [9.17, 15) is 0 Å². The van der Waals surface area contributed by atoms with Crippen molar-refractivity contribution >= 4 is 5.82 Å². The zero-order chi connectivity index (χ0) is 13.0. The molecule has 1 unspecified atom stereocenters. The van der Waals surface area contributed by atoms with Gasteiger partial charge in [0.1, 0.15) is 5.82 Å². The summed E-state index contributed by atoms with van der Waals surface area (Å²) in [6, 6.07) is 0. The highest BCUT2D eigenvalue weighted by Crippen LogP contribution is 2.23. The number of nitrogens with two attached hydrogens (primary N) is 1. The van der Waals surface area contributed by atoms with Crippen molar-refractivity contribution in [3.8, 4) is 0 Å². The lowest BCUT2D eigenvalue weighted by atomic mass is 10.1. The third kappa shape index (κ3) is 3.00. The number of hydrogen-bond acceptors (Lipinski definition) is 3. The smallest absolute Gasteiger partial charge is 0.131 e. The third-order valence-corrected chi connectivity index (χ3v) is 3.43. The van der Waals surface area contributed by atoms with Gasteiger partial charge in [0.05, 0.1) is 5.69 Å². The highest BCUT2D eigenvalue weighted by molar-refractivity contribution is 5.50. The summed E-state index contributed by atoms with van der Waals surface area (Å²) in [5.74, 6) is 1.88. The summed E-state index contributed by atoms with van der Waals surface area (Å²) in [6.07, 6.45) is 1.20. The van der Waals surface area contributed by atoms with Gasteiger partial charge in [-0.2, -0.15) is 5.10 Å². The Morgan fingerprint density at radius 3 is 2.53 bits per heavy atom. The topological polar surface area (TPSA) is 47.1 Å². The van der Waals surface area contributed by atoms with Crippen molar-refractivity contribution in [3.63, 3.8) is 0 Å². The predicted octanol–water partition coefficient (Wildman–Crippen LogP) is 2.06. The number of aromatic nitrogens is 2. The molecule has 0 fully saturated rings. The molecule has 0 saturated carbocycles. The number of hydrogen-bond donors (Lipinski definition) is 1. The molecule has 1 heterocycles. The second-order valence-electron chi connectivity index (χ2n) is 4.77. The van der Waals surface area contributed by atoms with Crippen molar-refractivity contribution in [1.82, 2.24) is 9.78 Å². The van der Waals surface area contributed by atoms with Crippen molar-refractivity contribution in [2.45, 2.75) is 40.7 Å². The first kappa shape index (κ1) is 14.0. The van der Waals surface area contributed by atoms with Gasteiger partial charge in [0.15, 0.2) is 0 Å². The van der Waals surface area contributed by atoms with Gasteiger partial charge in [0.25, 0.3) is 0 Å². The van der Waals surface area contributed by atoms with Crippen LogP contribution in [0.15, 0.2) is 0 Å². The minimum absolute atomic E-state index is 0.562. The molecule has 0 aromatic carbocycles. The van der Waals surface area contributed by atoms with Crippen LogP contribution in [0, 0.1) is 12.8 Å². The van der Waals surface area contributed by atoms with Gasteiger partial charge in [-0.1, -0.05) is 20.3 Å². The monoisotopic (exact) mass is 238 g/mol. The predicted molar refractivity (Wildman–Crippen MR) is 73.2 cm³/mol. The minimum atomic E-state index is 0.562. The second-order valence-corrected chi connectivity index (χ2v) is 4.77. The lowest BCUT2D eigenvalue weighted by Gasteiger charge is -2.27. The van der Waals surface area contributed by atoms with Gasteiger partial charge in [-0.05, 0) is 19.8 Å². The molecule has 4 nitrogen and oxygen atoms in total. The van der Waals surface area contributed by atoms with E-state index in [2.05, 4.69) is 30.8 Å². The van der Waals surface area contributed by atoms with Crippen LogP contribution in [-0.2, 0) is 13.6 Å². The SMILES string of the molecule is CCC(C)CN(CC)c1c(CN)c(C)nn1C. The maximum atomic E-state index is 5.84. The molecular weight excluding hydrogens is 212 g/mol. The Kier molecular flexibility index (Phi) is 5.00. The van der Waals surface area contributed by atoms with E-state index in [0.717, 1.165) is 18.8 Å². The molecule has 0 aliphatic rings. The molecule has 1 atom stereocenters. The molecule has 1 aromatic rings. The number of rotatable bonds is 6. The van der Waals surface area contributed by atoms with E-state index < -0.39 is 0 Å². The van der Waals surface area contributed by atoms with Crippen LogP contribution < -0.4 is 10.6 Å². The van der Waals surface area contributed by atoms with Crippen LogP contribution in [0.3, 0.4) is 0 Å². The summed E-state index contributed by atoms with van der Waals surface area (Å²) < 4.78 is 1.96. The molecule has 0 radical (unpaired) electrons. The maximum absolute atomic E-state index is 5.84. The molecule has 0 aliphatic heterocycles. The van der Waals surface area contributed by atoms with Gasteiger partial charge < -0.3 is 10.6 Å². The van der Waals surface area contributed by atoms with Gasteiger partial charge in [0.2, 0.25) is 0 Å². The standard InChI is InChI=1S/C13H26N4/c1-6-10(3)9-17(7-2)13-12(8-14)11(4)15-16(13)5/h10H,6-9,14H2,1-5H3. The van der Waals surface area contributed by atoms with Gasteiger partial charge in [0, 0.05) is 32.2 Å². The first-order chi connectivity index (χ1) is 8.04. The van der Waals surface area contributed by atoms with E-state index in [1.807, 2.05) is 18.7 Å². The Bertz CT molecular complexity index is 357. The molecule has 98 valence electrons. The molecule has 1 rings (SSSR count). The molecule has 2 N–H and O–H groups in total. The molecule has 17 heavy (non-hydrogen) atoms. The van der Waals surface area contributed by atoms with Crippen LogP contribution in [-0.4, -0.2) is 22.9 Å². The van der Waals surface area contributed by atoms with Crippen molar-refractivity contribution in [2.24, 2.45) is 18.7 Å². The minimum Gasteiger partial charge on any atom is -0.357 e. The normalized spacial score (nSPS) is 12.8. The van der Waals surface area contributed by atoms with E-state index in [1.54, 1.807) is 0 Å². The third-order valence-electron chi connectivity index (χ3n) is 3.43. The first-order valence-corrected chi connectivity index (χ1v) is 6.52. The van der Waals surface area contributed by atoms with Gasteiger partial charge >= 0.3 is 0 Å². The molecule has 0 saturated heterocycles. The van der Waals surface area contributed by atoms with Gasteiger partial charge in [-0.3, -0.25) is 4.68 Å². The summed E-state index contributed by atoms with van der Waals surface area (Å²) in [7, 11) is 2.00. The Hall–Kier alpha value is -1.03. The largest absolute Gasteiger partial charge is 0.357 e. The Morgan fingerprint density at radius 2 is 2.06 bits per heavy atom. The van der Waals surface area contributed by atoms with E-state index in [1.165, 1.54) is 17.8 Å². The Labute approximate surface area is 105 Å². The average molecular weight is 238 g/mol. The molecule has 1 aromatic heterocycles. The molecular formula is C13H26N4. The maximum Gasteiger partial charge on any atom is 0.131 e. The fraction of sp³-hybridized carbons (Fsp3) is 0.769. The van der Waals surface area contributed by atoms with Crippen molar-refractivity contribution in [2.75, 3.05) is 18.0 Å². The van der Waals surface area contributed by atoms with E-state index in [0.29, 0.717) is 12.5 Å². The van der Waals surface area contributed by atoms with Crippen molar-refractivity contribution < 1.29 is 0 Å². The highest BCUT2D eigenvalue weighted by atomic mass is 15.4. The summed E-state index contributed by atoms with van der Waals surface area (Å²) in [5.41, 5.74) is 8.07.